The van der Waals surface area contributed by atoms with E-state index in [0.717, 1.165) is 0 Å². The van der Waals surface area contributed by atoms with E-state index in [-0.39, 0.29) is 6.10 Å². The number of halogens is 2. The maximum absolute atomic E-state index is 9.80. The van der Waals surface area contributed by atoms with Gasteiger partial charge in [0.15, 0.2) is 0 Å². The topological polar surface area (TPSA) is 38.7 Å². The lowest BCUT2D eigenvalue weighted by Gasteiger charge is -2.17. The minimum absolute atomic E-state index is 0.0734. The van der Waals surface area contributed by atoms with Crippen molar-refractivity contribution >= 4 is 23.2 Å². The van der Waals surface area contributed by atoms with Crippen LogP contribution < -0.4 is 9.47 Å². The Bertz CT molecular complexity index is 367. The number of rotatable bonds is 5. The predicted molar refractivity (Wildman–Crippen MR) is 69.2 cm³/mol. The smallest absolute Gasteiger partial charge is 0.137 e. The van der Waals surface area contributed by atoms with Crippen molar-refractivity contribution in [3.63, 3.8) is 0 Å². The SMILES string of the molecule is COc1cc(OC(C)C)ccc1C(O)C(Cl)Cl. The number of benzene rings is 1. The van der Waals surface area contributed by atoms with E-state index >= 15 is 0 Å². The molecule has 0 aromatic heterocycles. The van der Waals surface area contributed by atoms with Gasteiger partial charge >= 0.3 is 0 Å². The molecule has 0 radical (unpaired) electrons. The zero-order chi connectivity index (χ0) is 13.0. The Labute approximate surface area is 111 Å². The van der Waals surface area contributed by atoms with Crippen LogP contribution in [0.15, 0.2) is 18.2 Å². The van der Waals surface area contributed by atoms with E-state index in [0.29, 0.717) is 17.1 Å². The number of hydrogen-bond acceptors (Lipinski definition) is 3. The lowest BCUT2D eigenvalue weighted by molar-refractivity contribution is 0.187. The van der Waals surface area contributed by atoms with Crippen LogP contribution in [0.25, 0.3) is 0 Å². The minimum atomic E-state index is -0.985. The molecule has 1 N–H and O–H groups in total. The van der Waals surface area contributed by atoms with Crippen LogP contribution in [0.5, 0.6) is 11.5 Å². The van der Waals surface area contributed by atoms with Crippen molar-refractivity contribution in [2.75, 3.05) is 7.11 Å². The summed E-state index contributed by atoms with van der Waals surface area (Å²) in [7, 11) is 1.52. The van der Waals surface area contributed by atoms with Crippen molar-refractivity contribution < 1.29 is 14.6 Å². The van der Waals surface area contributed by atoms with Crippen LogP contribution in [-0.2, 0) is 0 Å². The average Bonchev–Trinajstić information content (AvgIpc) is 2.27. The second kappa shape index (κ2) is 6.34. The molecule has 17 heavy (non-hydrogen) atoms. The van der Waals surface area contributed by atoms with E-state index < -0.39 is 10.9 Å². The molecule has 0 amide bonds. The molecule has 0 bridgehead atoms. The fourth-order valence-corrected chi connectivity index (χ4v) is 1.69. The highest BCUT2D eigenvalue weighted by molar-refractivity contribution is 6.44. The van der Waals surface area contributed by atoms with Crippen LogP contribution in [0.2, 0.25) is 0 Å². The quantitative estimate of drug-likeness (QED) is 0.840. The Hall–Kier alpha value is -0.640. The standard InChI is InChI=1S/C12H16Cl2O3/c1-7(2)17-8-4-5-9(10(6-8)16-3)11(15)12(13)14/h4-7,11-12,15H,1-3H3. The second-order valence-corrected chi connectivity index (χ2v) is 5.01. The summed E-state index contributed by atoms with van der Waals surface area (Å²) in [5.74, 6) is 1.18. The van der Waals surface area contributed by atoms with Gasteiger partial charge in [-0.25, -0.2) is 0 Å². The zero-order valence-electron chi connectivity index (χ0n) is 9.98. The Kier molecular flexibility index (Phi) is 5.37. The van der Waals surface area contributed by atoms with Crippen molar-refractivity contribution in [1.29, 1.82) is 0 Å². The normalized spacial score (nSPS) is 12.9. The monoisotopic (exact) mass is 278 g/mol. The summed E-state index contributed by atoms with van der Waals surface area (Å²) in [4.78, 5) is -0.902. The highest BCUT2D eigenvalue weighted by Crippen LogP contribution is 2.34. The molecule has 1 aromatic carbocycles. The molecule has 0 aliphatic rings. The number of methoxy groups -OCH3 is 1. The van der Waals surface area contributed by atoms with Crippen molar-refractivity contribution in [2.45, 2.75) is 30.9 Å². The molecule has 0 spiro atoms. The van der Waals surface area contributed by atoms with Gasteiger partial charge in [-0.05, 0) is 26.0 Å². The third-order valence-electron chi connectivity index (χ3n) is 2.13. The minimum Gasteiger partial charge on any atom is -0.496 e. The van der Waals surface area contributed by atoms with E-state index in [1.54, 1.807) is 18.2 Å². The molecule has 0 aliphatic heterocycles. The van der Waals surface area contributed by atoms with Crippen molar-refractivity contribution in [1.82, 2.24) is 0 Å². The first kappa shape index (κ1) is 14.4. The summed E-state index contributed by atoms with van der Waals surface area (Å²) < 4.78 is 10.7. The van der Waals surface area contributed by atoms with Gasteiger partial charge in [0.25, 0.3) is 0 Å². The largest absolute Gasteiger partial charge is 0.496 e. The van der Waals surface area contributed by atoms with E-state index in [1.807, 2.05) is 13.8 Å². The van der Waals surface area contributed by atoms with Crippen LogP contribution in [-0.4, -0.2) is 23.2 Å². The molecule has 1 rings (SSSR count). The second-order valence-electron chi connectivity index (χ2n) is 3.85. The fourth-order valence-electron chi connectivity index (χ4n) is 1.42. The molecule has 0 fully saturated rings. The van der Waals surface area contributed by atoms with Gasteiger partial charge in [-0.2, -0.15) is 0 Å². The summed E-state index contributed by atoms with van der Waals surface area (Å²) >= 11 is 11.3. The molecular formula is C12H16Cl2O3. The molecule has 1 aromatic rings. The zero-order valence-corrected chi connectivity index (χ0v) is 11.5. The summed E-state index contributed by atoms with van der Waals surface area (Å²) in [6.45, 7) is 3.87. The van der Waals surface area contributed by atoms with Gasteiger partial charge in [0.1, 0.15) is 22.4 Å². The van der Waals surface area contributed by atoms with E-state index in [1.165, 1.54) is 7.11 Å². The van der Waals surface area contributed by atoms with Crippen molar-refractivity contribution in [2.24, 2.45) is 0 Å². The fraction of sp³-hybridized carbons (Fsp3) is 0.500. The van der Waals surface area contributed by atoms with E-state index in [4.69, 9.17) is 32.7 Å². The summed E-state index contributed by atoms with van der Waals surface area (Å²) in [5.41, 5.74) is 0.540. The van der Waals surface area contributed by atoms with Crippen LogP contribution in [0.4, 0.5) is 0 Å². The summed E-state index contributed by atoms with van der Waals surface area (Å²) in [6, 6.07) is 5.14. The van der Waals surface area contributed by atoms with Crippen LogP contribution in [0, 0.1) is 0 Å². The first-order valence-electron chi connectivity index (χ1n) is 5.26. The summed E-state index contributed by atoms with van der Waals surface area (Å²) in [6.07, 6.45) is -0.911. The van der Waals surface area contributed by atoms with Gasteiger partial charge in [0, 0.05) is 11.6 Å². The first-order chi connectivity index (χ1) is 7.95. The summed E-state index contributed by atoms with van der Waals surface area (Å²) in [5, 5.41) is 9.80. The van der Waals surface area contributed by atoms with Gasteiger partial charge in [-0.15, -0.1) is 23.2 Å². The Morgan fingerprint density at radius 1 is 1.24 bits per heavy atom. The molecule has 0 saturated heterocycles. The number of ether oxygens (including phenoxy) is 2. The van der Waals surface area contributed by atoms with Gasteiger partial charge in [0.2, 0.25) is 0 Å². The van der Waals surface area contributed by atoms with E-state index in [9.17, 15) is 5.11 Å². The first-order valence-corrected chi connectivity index (χ1v) is 6.13. The molecule has 0 aliphatic carbocycles. The van der Waals surface area contributed by atoms with Crippen LogP contribution in [0.3, 0.4) is 0 Å². The highest BCUT2D eigenvalue weighted by Gasteiger charge is 2.20. The molecule has 5 heteroatoms. The number of aliphatic hydroxyl groups excluding tert-OH is 1. The van der Waals surface area contributed by atoms with Crippen LogP contribution >= 0.6 is 23.2 Å². The third-order valence-corrected chi connectivity index (χ3v) is 2.61. The maximum atomic E-state index is 9.80. The Balaban J connectivity index is 3.01. The lowest BCUT2D eigenvalue weighted by atomic mass is 10.1. The van der Waals surface area contributed by atoms with Gasteiger partial charge in [-0.3, -0.25) is 0 Å². The highest BCUT2D eigenvalue weighted by atomic mass is 35.5. The Morgan fingerprint density at radius 2 is 1.88 bits per heavy atom. The molecule has 3 nitrogen and oxygen atoms in total. The predicted octanol–water partition coefficient (Wildman–Crippen LogP) is 3.32. The lowest BCUT2D eigenvalue weighted by Crippen LogP contribution is -2.09. The van der Waals surface area contributed by atoms with Gasteiger partial charge in [-0.1, -0.05) is 0 Å². The third kappa shape index (κ3) is 3.95. The molecule has 96 valence electrons. The van der Waals surface area contributed by atoms with E-state index in [2.05, 4.69) is 0 Å². The maximum Gasteiger partial charge on any atom is 0.137 e. The van der Waals surface area contributed by atoms with Gasteiger partial charge < -0.3 is 14.6 Å². The molecule has 0 saturated carbocycles. The number of alkyl halides is 2. The van der Waals surface area contributed by atoms with Crippen LogP contribution in [0.1, 0.15) is 25.5 Å². The number of aliphatic hydroxyl groups is 1. The number of hydrogen-bond donors (Lipinski definition) is 1. The molecule has 1 atom stereocenters. The van der Waals surface area contributed by atoms with Crippen molar-refractivity contribution in [3.8, 4) is 11.5 Å². The molecule has 1 unspecified atom stereocenters. The Morgan fingerprint density at radius 3 is 2.35 bits per heavy atom. The van der Waals surface area contributed by atoms with Gasteiger partial charge in [0.05, 0.1) is 13.2 Å². The average molecular weight is 279 g/mol. The van der Waals surface area contributed by atoms with Crippen molar-refractivity contribution in [3.05, 3.63) is 23.8 Å². The molecular weight excluding hydrogens is 263 g/mol. The molecule has 0 heterocycles.